The van der Waals surface area contributed by atoms with Gasteiger partial charge in [0.25, 0.3) is 0 Å². The van der Waals surface area contributed by atoms with Crippen molar-refractivity contribution >= 4 is 27.7 Å². The number of halogens is 4. The van der Waals surface area contributed by atoms with Crippen molar-refractivity contribution in [1.29, 1.82) is 0 Å². The molecule has 0 aromatic heterocycles. The molecule has 0 N–H and O–H groups in total. The summed E-state index contributed by atoms with van der Waals surface area (Å²) >= 11 is 0. The molecule has 1 saturated heterocycles. The zero-order chi connectivity index (χ0) is 35.1. The number of nitrogens with zero attached hydrogens (tertiary/aromatic N) is 1. The minimum atomic E-state index is -5.88. The first-order valence-corrected chi connectivity index (χ1v) is 16.4. The minimum Gasteiger partial charge on any atom is -0.458 e. The quantitative estimate of drug-likeness (QED) is 0.0376. The standard InChI is InChI=1S/C34H33F4NO8S/c1-4-44-31(45-5-2)21-8-23-6-15-27(16-7-23)39-32(25-11-17-28(18-12-25)47-48(42,43)34(36,37)38)29(33(39)41)19-20-30(46-22(3)40)24-9-13-26(35)14-10-24/h6-7,9-18,29-32H,4-5,19-20H2,1-3H3/t29-,30?,32-/m1/s1. The second-order valence-corrected chi connectivity index (χ2v) is 12.1. The third kappa shape index (κ3) is 8.91. The highest BCUT2D eigenvalue weighted by molar-refractivity contribution is 7.88. The van der Waals surface area contributed by atoms with Gasteiger partial charge in [0.05, 0.1) is 12.0 Å². The number of amides is 1. The number of ether oxygens (including phenoxy) is 3. The van der Waals surface area contributed by atoms with Gasteiger partial charge in [0.2, 0.25) is 12.2 Å². The summed E-state index contributed by atoms with van der Waals surface area (Å²) in [5.74, 6) is 3.34. The van der Waals surface area contributed by atoms with Crippen LogP contribution in [0.4, 0.5) is 23.2 Å². The van der Waals surface area contributed by atoms with Crippen molar-refractivity contribution in [3.05, 3.63) is 95.3 Å². The summed E-state index contributed by atoms with van der Waals surface area (Å²) in [6, 6.07) is 16.5. The van der Waals surface area contributed by atoms with Crippen LogP contribution in [0.2, 0.25) is 0 Å². The lowest BCUT2D eigenvalue weighted by atomic mass is 9.78. The van der Waals surface area contributed by atoms with Crippen molar-refractivity contribution in [2.45, 2.75) is 57.6 Å². The van der Waals surface area contributed by atoms with Crippen molar-refractivity contribution in [3.8, 4) is 17.6 Å². The first-order valence-electron chi connectivity index (χ1n) is 14.9. The fraction of sp³-hybridized carbons (Fsp3) is 0.353. The molecule has 48 heavy (non-hydrogen) atoms. The molecular weight excluding hydrogens is 658 g/mol. The summed E-state index contributed by atoms with van der Waals surface area (Å²) in [4.78, 5) is 27.0. The molecule has 3 aromatic carbocycles. The molecule has 0 spiro atoms. The molecule has 1 aliphatic rings. The maximum atomic E-state index is 13.6. The molecule has 3 aromatic rings. The van der Waals surface area contributed by atoms with Crippen molar-refractivity contribution in [3.63, 3.8) is 0 Å². The van der Waals surface area contributed by atoms with Gasteiger partial charge in [-0.1, -0.05) is 30.2 Å². The van der Waals surface area contributed by atoms with Crippen LogP contribution in [0, 0.1) is 23.6 Å². The van der Waals surface area contributed by atoms with Crippen LogP contribution >= 0.6 is 0 Å². The summed E-state index contributed by atoms with van der Waals surface area (Å²) in [5, 5.41) is 0. The van der Waals surface area contributed by atoms with Gasteiger partial charge in [0.15, 0.2) is 0 Å². The molecule has 0 aliphatic carbocycles. The number of alkyl halides is 3. The summed E-state index contributed by atoms with van der Waals surface area (Å²) in [5.41, 5.74) is -3.46. The smallest absolute Gasteiger partial charge is 0.458 e. The van der Waals surface area contributed by atoms with E-state index in [0.717, 1.165) is 12.1 Å². The highest BCUT2D eigenvalue weighted by atomic mass is 32.2. The molecule has 256 valence electrons. The molecule has 0 bridgehead atoms. The first-order chi connectivity index (χ1) is 22.7. The Morgan fingerprint density at radius 2 is 1.54 bits per heavy atom. The Morgan fingerprint density at radius 3 is 2.08 bits per heavy atom. The minimum absolute atomic E-state index is 0.201. The molecule has 4 rings (SSSR count). The number of carbonyl (C=O) groups is 2. The van der Waals surface area contributed by atoms with E-state index in [2.05, 4.69) is 16.0 Å². The third-order valence-corrected chi connectivity index (χ3v) is 8.31. The lowest BCUT2D eigenvalue weighted by Crippen LogP contribution is -2.55. The van der Waals surface area contributed by atoms with Gasteiger partial charge >= 0.3 is 21.6 Å². The van der Waals surface area contributed by atoms with Crippen LogP contribution in [0.3, 0.4) is 0 Å². The van der Waals surface area contributed by atoms with Gasteiger partial charge in [-0.05, 0) is 92.3 Å². The second-order valence-electron chi connectivity index (χ2n) is 10.6. The van der Waals surface area contributed by atoms with Gasteiger partial charge in [-0.3, -0.25) is 9.59 Å². The molecule has 14 heteroatoms. The number of hydrogen-bond acceptors (Lipinski definition) is 8. The van der Waals surface area contributed by atoms with Gasteiger partial charge in [0.1, 0.15) is 17.7 Å². The Hall–Kier alpha value is -4.45. The maximum Gasteiger partial charge on any atom is 0.534 e. The monoisotopic (exact) mass is 691 g/mol. The maximum absolute atomic E-state index is 13.6. The molecule has 0 radical (unpaired) electrons. The van der Waals surface area contributed by atoms with E-state index in [4.69, 9.17) is 14.2 Å². The second kappa shape index (κ2) is 15.6. The van der Waals surface area contributed by atoms with E-state index >= 15 is 0 Å². The fourth-order valence-electron chi connectivity index (χ4n) is 5.18. The van der Waals surface area contributed by atoms with Gasteiger partial charge < -0.3 is 23.3 Å². The van der Waals surface area contributed by atoms with E-state index in [-0.39, 0.29) is 18.7 Å². The Bertz CT molecular complexity index is 1730. The predicted molar refractivity (Wildman–Crippen MR) is 166 cm³/mol. The molecule has 0 saturated carbocycles. The highest BCUT2D eigenvalue weighted by Crippen LogP contribution is 2.47. The average molecular weight is 692 g/mol. The number of rotatable bonds is 13. The van der Waals surface area contributed by atoms with Crippen molar-refractivity contribution in [2.75, 3.05) is 18.1 Å². The number of benzene rings is 3. The molecule has 1 amide bonds. The number of carbonyl (C=O) groups excluding carboxylic acids is 2. The van der Waals surface area contributed by atoms with Crippen LogP contribution in [0.1, 0.15) is 62.4 Å². The molecule has 1 fully saturated rings. The van der Waals surface area contributed by atoms with Crippen LogP contribution < -0.4 is 9.08 Å². The molecule has 1 aliphatic heterocycles. The van der Waals surface area contributed by atoms with E-state index in [1.54, 1.807) is 24.3 Å². The van der Waals surface area contributed by atoms with Gasteiger partial charge in [-0.15, -0.1) is 0 Å². The van der Waals surface area contributed by atoms with Crippen LogP contribution in [-0.2, 0) is 33.9 Å². The van der Waals surface area contributed by atoms with Crippen LogP contribution in [-0.4, -0.2) is 45.3 Å². The summed E-state index contributed by atoms with van der Waals surface area (Å²) in [6.07, 6.45) is -1.06. The summed E-state index contributed by atoms with van der Waals surface area (Å²) in [7, 11) is -5.88. The third-order valence-electron chi connectivity index (χ3n) is 7.33. The van der Waals surface area contributed by atoms with Crippen molar-refractivity contribution in [2.24, 2.45) is 5.92 Å². The Morgan fingerprint density at radius 1 is 0.938 bits per heavy atom. The number of hydrogen-bond donors (Lipinski definition) is 0. The van der Waals surface area contributed by atoms with E-state index < -0.39 is 57.5 Å². The predicted octanol–water partition coefficient (Wildman–Crippen LogP) is 6.59. The first kappa shape index (κ1) is 36.4. The van der Waals surface area contributed by atoms with Crippen LogP contribution in [0.15, 0.2) is 72.8 Å². The van der Waals surface area contributed by atoms with Crippen LogP contribution in [0.5, 0.6) is 5.75 Å². The SMILES string of the molecule is CCOC(C#Cc1ccc(N2C(=O)[C@H](CCC(OC(C)=O)c3ccc(F)cc3)[C@H]2c2ccc(OS(=O)(=O)C(F)(F)F)cc2)cc1)OCC. The van der Waals surface area contributed by atoms with E-state index in [9.17, 15) is 35.6 Å². The number of esters is 1. The fourth-order valence-corrected chi connectivity index (χ4v) is 5.64. The van der Waals surface area contributed by atoms with Crippen LogP contribution in [0.25, 0.3) is 0 Å². The Labute approximate surface area is 275 Å². The van der Waals surface area contributed by atoms with Gasteiger partial charge in [-0.2, -0.15) is 21.6 Å². The number of β-lactam (4-membered cyclic amide) rings is 1. The summed E-state index contributed by atoms with van der Waals surface area (Å²) < 4.78 is 95.7. The molecule has 9 nitrogen and oxygen atoms in total. The zero-order valence-corrected chi connectivity index (χ0v) is 27.0. The average Bonchev–Trinajstić information content (AvgIpc) is 3.03. The van der Waals surface area contributed by atoms with Gasteiger partial charge in [0, 0.05) is 31.4 Å². The normalized spacial score (nSPS) is 16.9. The summed E-state index contributed by atoms with van der Waals surface area (Å²) in [6.45, 7) is 5.70. The van der Waals surface area contributed by atoms with Gasteiger partial charge in [-0.25, -0.2) is 4.39 Å². The van der Waals surface area contributed by atoms with Crippen molar-refractivity contribution in [1.82, 2.24) is 0 Å². The molecule has 3 atom stereocenters. The Kier molecular flexibility index (Phi) is 11.9. The number of anilines is 1. The Balaban J connectivity index is 1.61. The molecule has 1 unspecified atom stereocenters. The van der Waals surface area contributed by atoms with E-state index in [1.165, 1.54) is 48.2 Å². The lowest BCUT2D eigenvalue weighted by molar-refractivity contribution is -0.147. The highest BCUT2D eigenvalue weighted by Gasteiger charge is 2.50. The topological polar surface area (TPSA) is 108 Å². The lowest BCUT2D eigenvalue weighted by Gasteiger charge is -2.48. The zero-order valence-electron chi connectivity index (χ0n) is 26.2. The largest absolute Gasteiger partial charge is 0.534 e. The molecule has 1 heterocycles. The molecular formula is C34H33F4NO8S. The van der Waals surface area contributed by atoms with E-state index in [1.807, 2.05) is 13.8 Å². The van der Waals surface area contributed by atoms with Crippen molar-refractivity contribution < 1.29 is 54.0 Å². The van der Waals surface area contributed by atoms with E-state index in [0.29, 0.717) is 35.6 Å².